The predicted molar refractivity (Wildman–Crippen MR) is 23.1 cm³/mol. The van der Waals surface area contributed by atoms with Crippen LogP contribution in [0.4, 0.5) is 0 Å². The first-order chi connectivity index (χ1) is 3.31. The normalized spacial score (nSPS) is 9.43. The summed E-state index contributed by atoms with van der Waals surface area (Å²) in [5.41, 5.74) is 4.75. The minimum atomic E-state index is -0.303. The largest absolute Gasteiger partial charge is 0.462 e. The van der Waals surface area contributed by atoms with Crippen molar-refractivity contribution in [1.82, 2.24) is 0 Å². The van der Waals surface area contributed by atoms with Crippen molar-refractivity contribution in [2.75, 3.05) is 0 Å². The van der Waals surface area contributed by atoms with E-state index in [4.69, 9.17) is 16.0 Å². The molecule has 4 N–H and O–H groups in total. The van der Waals surface area contributed by atoms with Crippen LogP contribution in [0.15, 0.2) is 5.16 Å². The minimum Gasteiger partial charge on any atom is -0.462 e. The van der Waals surface area contributed by atoms with Crippen LogP contribution < -0.4 is 5.73 Å². The van der Waals surface area contributed by atoms with Gasteiger partial charge in [0.15, 0.2) is 0 Å². The smallest absolute Gasteiger partial charge is 0.217 e. The van der Waals surface area contributed by atoms with Gasteiger partial charge in [0.2, 0.25) is 5.84 Å². The van der Waals surface area contributed by atoms with E-state index in [0.29, 0.717) is 0 Å². The Balaban J connectivity index is 3.75. The maximum atomic E-state index is 7.73. The van der Waals surface area contributed by atoms with Gasteiger partial charge in [0.05, 0.1) is 0 Å². The van der Waals surface area contributed by atoms with E-state index in [1.165, 1.54) is 6.11 Å². The Hall–Kier alpha value is -1.37. The monoisotopic (exact) mass is 100 g/mol. The summed E-state index contributed by atoms with van der Waals surface area (Å²) in [4.78, 5) is 0. The van der Waals surface area contributed by atoms with Gasteiger partial charge >= 0.3 is 0 Å². The molecule has 0 saturated heterocycles. The summed E-state index contributed by atoms with van der Waals surface area (Å²) in [7, 11) is 0. The lowest BCUT2D eigenvalue weighted by Crippen LogP contribution is -2.07. The lowest BCUT2D eigenvalue weighted by molar-refractivity contribution is 0.319. The van der Waals surface area contributed by atoms with Gasteiger partial charge in [0.25, 0.3) is 0 Å². The van der Waals surface area contributed by atoms with Gasteiger partial charge in [0.1, 0.15) is 6.11 Å². The van der Waals surface area contributed by atoms with E-state index < -0.39 is 0 Å². The summed E-state index contributed by atoms with van der Waals surface area (Å²) in [6.07, 6.45) is 1.45. The topological polar surface area (TPSA) is 78.8 Å². The summed E-state index contributed by atoms with van der Waals surface area (Å²) in [5, 5.41) is 17.9. The Morgan fingerprint density at radius 3 is 2.43 bits per heavy atom. The lowest BCUT2D eigenvalue weighted by Gasteiger charge is -1.74. The third-order valence-corrected chi connectivity index (χ3v) is 0.292. The Morgan fingerprint density at radius 2 is 2.29 bits per heavy atom. The highest BCUT2D eigenvalue weighted by Gasteiger charge is 1.75. The van der Waals surface area contributed by atoms with Gasteiger partial charge in [-0.1, -0.05) is 5.16 Å². The summed E-state index contributed by atoms with van der Waals surface area (Å²) in [6.45, 7) is 0. The number of hydrogen-bond acceptors (Lipinski definition) is 3. The molecule has 0 aliphatic carbocycles. The van der Waals surface area contributed by atoms with Crippen LogP contribution in [0.1, 0.15) is 0 Å². The Kier molecular flexibility index (Phi) is 2.29. The molecule has 0 aromatic heterocycles. The Morgan fingerprint density at radius 1 is 1.71 bits per heavy atom. The number of rotatable bonds is 0. The second-order valence-electron chi connectivity index (χ2n) is 0.722. The number of oxime groups is 1. The average Bonchev–Trinajstić information content (AvgIpc) is 1.68. The van der Waals surface area contributed by atoms with Gasteiger partial charge in [0, 0.05) is 5.92 Å². The molecule has 0 rings (SSSR count). The minimum absolute atomic E-state index is 0.303. The van der Waals surface area contributed by atoms with Crippen LogP contribution in [-0.4, -0.2) is 16.1 Å². The molecule has 0 heterocycles. The van der Waals surface area contributed by atoms with Gasteiger partial charge in [-0.25, -0.2) is 0 Å². The van der Waals surface area contributed by atoms with E-state index in [1.807, 2.05) is 5.92 Å². The van der Waals surface area contributed by atoms with E-state index in [0.717, 1.165) is 0 Å². The first kappa shape index (κ1) is 5.63. The zero-order valence-electron chi connectivity index (χ0n) is 3.42. The molecule has 0 atom stereocenters. The molecule has 4 heteroatoms. The quantitative estimate of drug-likeness (QED) is 0.121. The molecule has 4 nitrogen and oxygen atoms in total. The molecule has 0 aliphatic heterocycles. The van der Waals surface area contributed by atoms with Gasteiger partial charge in [-0.3, -0.25) is 0 Å². The highest BCUT2D eigenvalue weighted by Crippen LogP contribution is 1.55. The molecule has 0 fully saturated rings. The maximum absolute atomic E-state index is 7.73. The van der Waals surface area contributed by atoms with Gasteiger partial charge in [-0.05, 0) is 0 Å². The molecular weight excluding hydrogens is 96.0 g/mol. The molecular formula is C3H4N2O2. The molecule has 38 valence electrons. The molecule has 7 heavy (non-hydrogen) atoms. The summed E-state index contributed by atoms with van der Waals surface area (Å²) in [5.74, 6) is 1.58. The number of amidine groups is 1. The molecule has 0 spiro atoms. The number of hydrogen-bond donors (Lipinski definition) is 3. The fraction of sp³-hybridized carbons (Fsp3) is 0. The molecule has 0 amide bonds. The van der Waals surface area contributed by atoms with Gasteiger partial charge in [-0.15, -0.1) is 0 Å². The molecule has 0 aliphatic rings. The van der Waals surface area contributed by atoms with Crippen molar-refractivity contribution < 1.29 is 10.3 Å². The highest BCUT2D eigenvalue weighted by molar-refractivity contribution is 5.96. The van der Waals surface area contributed by atoms with Crippen molar-refractivity contribution in [3.8, 4) is 12.0 Å². The Bertz CT molecular complexity index is 130. The van der Waals surface area contributed by atoms with Crippen LogP contribution in [0.5, 0.6) is 0 Å². The predicted octanol–water partition coefficient (Wildman–Crippen LogP) is -0.934. The zero-order chi connectivity index (χ0) is 5.70. The summed E-state index contributed by atoms with van der Waals surface area (Å²) in [6, 6.07) is 0. The zero-order valence-corrected chi connectivity index (χ0v) is 3.42. The van der Waals surface area contributed by atoms with Crippen LogP contribution in [0.3, 0.4) is 0 Å². The van der Waals surface area contributed by atoms with Crippen molar-refractivity contribution >= 4 is 5.84 Å². The van der Waals surface area contributed by atoms with Crippen molar-refractivity contribution in [3.63, 3.8) is 0 Å². The summed E-state index contributed by atoms with van der Waals surface area (Å²) >= 11 is 0. The fourth-order valence-corrected chi connectivity index (χ4v) is 0.0823. The van der Waals surface area contributed by atoms with Gasteiger partial charge in [-0.2, -0.15) is 0 Å². The first-order valence-corrected chi connectivity index (χ1v) is 1.44. The third-order valence-electron chi connectivity index (χ3n) is 0.292. The second kappa shape index (κ2) is 2.85. The molecule has 0 saturated carbocycles. The number of aliphatic hydroxyl groups excluding tert-OH is 1. The maximum Gasteiger partial charge on any atom is 0.217 e. The van der Waals surface area contributed by atoms with Crippen LogP contribution >= 0.6 is 0 Å². The van der Waals surface area contributed by atoms with Gasteiger partial charge < -0.3 is 16.0 Å². The number of nitrogens with zero attached hydrogens (tertiary/aromatic N) is 1. The molecule has 0 bridgehead atoms. The summed E-state index contributed by atoms with van der Waals surface area (Å²) < 4.78 is 0. The average molecular weight is 100 g/mol. The van der Waals surface area contributed by atoms with Crippen LogP contribution in [0.2, 0.25) is 0 Å². The SMILES string of the molecule is N/C(C#CO)=N\O. The molecule has 0 aromatic carbocycles. The van der Waals surface area contributed by atoms with Crippen molar-refractivity contribution in [2.45, 2.75) is 0 Å². The molecule has 0 aromatic rings. The number of aliphatic hydroxyl groups is 1. The van der Waals surface area contributed by atoms with Crippen LogP contribution in [0.25, 0.3) is 0 Å². The van der Waals surface area contributed by atoms with E-state index in [-0.39, 0.29) is 5.84 Å². The third kappa shape index (κ3) is 2.43. The lowest BCUT2D eigenvalue weighted by atomic mass is 10.6. The van der Waals surface area contributed by atoms with E-state index in [9.17, 15) is 0 Å². The standard InChI is InChI=1S/C3H4N2O2/c4-3(5-7)1-2-6/h6-7H,(H2,4,5). The Labute approximate surface area is 40.2 Å². The molecule has 0 unspecified atom stereocenters. The van der Waals surface area contributed by atoms with Crippen LogP contribution in [-0.2, 0) is 0 Å². The highest BCUT2D eigenvalue weighted by atomic mass is 16.4. The fourth-order valence-electron chi connectivity index (χ4n) is 0.0823. The van der Waals surface area contributed by atoms with E-state index in [1.54, 1.807) is 0 Å². The van der Waals surface area contributed by atoms with Crippen molar-refractivity contribution in [3.05, 3.63) is 0 Å². The second-order valence-corrected chi connectivity index (χ2v) is 0.722. The molecule has 0 radical (unpaired) electrons. The number of nitrogens with two attached hydrogens (primary N) is 1. The van der Waals surface area contributed by atoms with Crippen molar-refractivity contribution in [2.24, 2.45) is 10.9 Å². The van der Waals surface area contributed by atoms with Crippen LogP contribution in [0, 0.1) is 12.0 Å². The van der Waals surface area contributed by atoms with E-state index in [2.05, 4.69) is 5.16 Å². The first-order valence-electron chi connectivity index (χ1n) is 1.44. The van der Waals surface area contributed by atoms with E-state index >= 15 is 0 Å². The van der Waals surface area contributed by atoms with Crippen molar-refractivity contribution in [1.29, 1.82) is 0 Å².